The minimum atomic E-state index is -5.02. The molecule has 1 fully saturated rings. The maximum atomic E-state index is 13.4. The van der Waals surface area contributed by atoms with E-state index in [4.69, 9.17) is 0 Å². The summed E-state index contributed by atoms with van der Waals surface area (Å²) >= 11 is 0. The lowest BCUT2D eigenvalue weighted by Crippen LogP contribution is -2.47. The van der Waals surface area contributed by atoms with Gasteiger partial charge in [0.15, 0.2) is 0 Å². The van der Waals surface area contributed by atoms with Gasteiger partial charge in [-0.15, -0.1) is 0 Å². The van der Waals surface area contributed by atoms with Crippen molar-refractivity contribution in [2.45, 2.75) is 31.2 Å². The fourth-order valence-corrected chi connectivity index (χ4v) is 4.21. The molecule has 0 radical (unpaired) electrons. The number of halogens is 7. The van der Waals surface area contributed by atoms with Gasteiger partial charge in [0.1, 0.15) is 5.82 Å². The van der Waals surface area contributed by atoms with Crippen molar-refractivity contribution in [3.63, 3.8) is 0 Å². The van der Waals surface area contributed by atoms with Gasteiger partial charge in [-0.2, -0.15) is 26.3 Å². The fourth-order valence-electron chi connectivity index (χ4n) is 4.21. The van der Waals surface area contributed by atoms with Gasteiger partial charge in [0, 0.05) is 38.5 Å². The van der Waals surface area contributed by atoms with E-state index in [1.807, 2.05) is 0 Å². The predicted octanol–water partition coefficient (Wildman–Crippen LogP) is 5.61. The standard InChI is InChI=1S/C23H21F7N2O3/c1-31(11-13-8-15(22(25,26)27)10-16(9-13)23(28,29)30)20(33)18-6-7-32(21(34)35)12-19(18)14-2-4-17(24)5-3-14/h2-5,8-10,18-19H,6-7,11-12H2,1H3,(H,34,35)/t18-,19+/m1/s1. The summed E-state index contributed by atoms with van der Waals surface area (Å²) in [6, 6.07) is 6.26. The molecule has 35 heavy (non-hydrogen) atoms. The first kappa shape index (κ1) is 26.3. The first-order valence-corrected chi connectivity index (χ1v) is 10.4. The van der Waals surface area contributed by atoms with Crippen LogP contribution in [-0.2, 0) is 23.7 Å². The Morgan fingerprint density at radius 2 is 1.54 bits per heavy atom. The molecule has 0 unspecified atom stereocenters. The molecule has 0 saturated carbocycles. The lowest BCUT2D eigenvalue weighted by atomic mass is 9.80. The highest BCUT2D eigenvalue weighted by Crippen LogP contribution is 2.37. The minimum absolute atomic E-state index is 0.0114. The molecule has 0 bridgehead atoms. The van der Waals surface area contributed by atoms with E-state index < -0.39 is 59.7 Å². The number of benzene rings is 2. The van der Waals surface area contributed by atoms with Crippen molar-refractivity contribution >= 4 is 12.0 Å². The van der Waals surface area contributed by atoms with Crippen LogP contribution < -0.4 is 0 Å². The number of piperidine rings is 1. The highest BCUT2D eigenvalue weighted by molar-refractivity contribution is 5.80. The second kappa shape index (κ2) is 9.74. The number of hydrogen-bond donors (Lipinski definition) is 1. The van der Waals surface area contributed by atoms with Gasteiger partial charge in [-0.05, 0) is 47.9 Å². The smallest absolute Gasteiger partial charge is 0.416 e. The minimum Gasteiger partial charge on any atom is -0.465 e. The Hall–Kier alpha value is -3.31. The average Bonchev–Trinajstić information content (AvgIpc) is 2.77. The number of carbonyl (C=O) groups excluding carboxylic acids is 1. The lowest BCUT2D eigenvalue weighted by molar-refractivity contribution is -0.143. The van der Waals surface area contributed by atoms with E-state index in [1.54, 1.807) is 0 Å². The van der Waals surface area contributed by atoms with Crippen LogP contribution in [0.2, 0.25) is 0 Å². The Bertz CT molecular complexity index is 1050. The summed E-state index contributed by atoms with van der Waals surface area (Å²) in [4.78, 5) is 26.8. The zero-order valence-corrected chi connectivity index (χ0v) is 18.3. The fraction of sp³-hybridized carbons (Fsp3) is 0.391. The van der Waals surface area contributed by atoms with Crippen molar-refractivity contribution in [2.24, 2.45) is 5.92 Å². The number of alkyl halides is 6. The third-order valence-electron chi connectivity index (χ3n) is 5.94. The van der Waals surface area contributed by atoms with Crippen molar-refractivity contribution in [3.8, 4) is 0 Å². The van der Waals surface area contributed by atoms with Crippen LogP contribution >= 0.6 is 0 Å². The van der Waals surface area contributed by atoms with Crippen molar-refractivity contribution in [1.82, 2.24) is 9.80 Å². The zero-order valence-electron chi connectivity index (χ0n) is 18.3. The molecule has 1 heterocycles. The molecule has 0 aliphatic carbocycles. The van der Waals surface area contributed by atoms with E-state index in [1.165, 1.54) is 19.2 Å². The molecule has 12 heteroatoms. The second-order valence-electron chi connectivity index (χ2n) is 8.39. The van der Waals surface area contributed by atoms with E-state index in [0.717, 1.165) is 21.9 Å². The molecule has 1 saturated heterocycles. The van der Waals surface area contributed by atoms with Crippen LogP contribution in [0.4, 0.5) is 35.5 Å². The summed E-state index contributed by atoms with van der Waals surface area (Å²) in [5.74, 6) is -2.60. The molecule has 1 N–H and O–H groups in total. The summed E-state index contributed by atoms with van der Waals surface area (Å²) < 4.78 is 92.4. The quantitative estimate of drug-likeness (QED) is 0.549. The first-order chi connectivity index (χ1) is 16.2. The lowest BCUT2D eigenvalue weighted by Gasteiger charge is -2.38. The van der Waals surface area contributed by atoms with Crippen LogP contribution in [0, 0.1) is 11.7 Å². The van der Waals surface area contributed by atoms with Crippen molar-refractivity contribution in [2.75, 3.05) is 20.1 Å². The molecule has 0 aromatic heterocycles. The average molecular weight is 506 g/mol. The Morgan fingerprint density at radius 3 is 2.03 bits per heavy atom. The van der Waals surface area contributed by atoms with Gasteiger partial charge in [0.05, 0.1) is 11.1 Å². The normalized spacial score (nSPS) is 18.9. The van der Waals surface area contributed by atoms with Gasteiger partial charge in [0.25, 0.3) is 0 Å². The number of amides is 2. The Kier molecular flexibility index (Phi) is 7.32. The number of carboxylic acid groups (broad SMARTS) is 1. The summed E-state index contributed by atoms with van der Waals surface area (Å²) in [5.41, 5.74) is -2.84. The van der Waals surface area contributed by atoms with E-state index in [-0.39, 0.29) is 31.1 Å². The topological polar surface area (TPSA) is 60.9 Å². The summed E-state index contributed by atoms with van der Waals surface area (Å²) in [6.07, 6.45) is -11.2. The van der Waals surface area contributed by atoms with E-state index in [9.17, 15) is 45.4 Å². The van der Waals surface area contributed by atoms with Crippen LogP contribution in [-0.4, -0.2) is 47.0 Å². The van der Waals surface area contributed by atoms with Crippen molar-refractivity contribution < 1.29 is 45.4 Å². The monoisotopic (exact) mass is 506 g/mol. The van der Waals surface area contributed by atoms with Crippen LogP contribution in [0.15, 0.2) is 42.5 Å². The maximum absolute atomic E-state index is 13.4. The Morgan fingerprint density at radius 1 is 1.00 bits per heavy atom. The van der Waals surface area contributed by atoms with Crippen molar-refractivity contribution in [3.05, 3.63) is 70.5 Å². The summed E-state index contributed by atoms with van der Waals surface area (Å²) in [7, 11) is 1.25. The number of rotatable bonds is 4. The van der Waals surface area contributed by atoms with E-state index >= 15 is 0 Å². The molecule has 2 amide bonds. The molecule has 3 rings (SSSR count). The van der Waals surface area contributed by atoms with Crippen LogP contribution in [0.3, 0.4) is 0 Å². The van der Waals surface area contributed by atoms with Crippen LogP contribution in [0.25, 0.3) is 0 Å². The summed E-state index contributed by atoms with van der Waals surface area (Å²) in [5, 5.41) is 9.35. The molecule has 2 aromatic carbocycles. The molecule has 5 nitrogen and oxygen atoms in total. The highest BCUT2D eigenvalue weighted by Gasteiger charge is 2.39. The van der Waals surface area contributed by atoms with E-state index in [0.29, 0.717) is 17.7 Å². The first-order valence-electron chi connectivity index (χ1n) is 10.4. The highest BCUT2D eigenvalue weighted by atomic mass is 19.4. The van der Waals surface area contributed by atoms with Gasteiger partial charge in [-0.1, -0.05) is 12.1 Å². The third-order valence-corrected chi connectivity index (χ3v) is 5.94. The Balaban J connectivity index is 1.88. The maximum Gasteiger partial charge on any atom is 0.416 e. The number of hydrogen-bond acceptors (Lipinski definition) is 2. The largest absolute Gasteiger partial charge is 0.465 e. The molecule has 2 atom stereocenters. The number of carbonyl (C=O) groups is 2. The zero-order chi connectivity index (χ0) is 26.1. The van der Waals surface area contributed by atoms with Crippen LogP contribution in [0.5, 0.6) is 0 Å². The molecular weight excluding hydrogens is 485 g/mol. The molecule has 190 valence electrons. The van der Waals surface area contributed by atoms with Gasteiger partial charge in [-0.3, -0.25) is 4.79 Å². The molecular formula is C23H21F7N2O3. The van der Waals surface area contributed by atoms with Gasteiger partial charge in [0.2, 0.25) is 5.91 Å². The Labute approximate surface area is 195 Å². The molecule has 2 aromatic rings. The van der Waals surface area contributed by atoms with Crippen molar-refractivity contribution in [1.29, 1.82) is 0 Å². The van der Waals surface area contributed by atoms with Gasteiger partial charge in [-0.25, -0.2) is 9.18 Å². The van der Waals surface area contributed by atoms with E-state index in [2.05, 4.69) is 0 Å². The number of nitrogens with zero attached hydrogens (tertiary/aromatic N) is 2. The second-order valence-corrected chi connectivity index (χ2v) is 8.39. The van der Waals surface area contributed by atoms with Gasteiger partial charge < -0.3 is 14.9 Å². The number of likely N-dealkylation sites (tertiary alicyclic amines) is 1. The third kappa shape index (κ3) is 6.23. The SMILES string of the molecule is CN(Cc1cc(C(F)(F)F)cc(C(F)(F)F)c1)C(=O)[C@@H]1CCN(C(=O)O)C[C@H]1c1ccc(F)cc1. The molecule has 1 aliphatic rings. The molecule has 0 spiro atoms. The van der Waals surface area contributed by atoms with Crippen LogP contribution in [0.1, 0.15) is 34.6 Å². The predicted molar refractivity (Wildman–Crippen MR) is 110 cm³/mol. The molecule has 1 aliphatic heterocycles. The summed E-state index contributed by atoms with van der Waals surface area (Å²) in [6.45, 7) is -0.590. The van der Waals surface area contributed by atoms with Gasteiger partial charge >= 0.3 is 18.4 Å².